The van der Waals surface area contributed by atoms with E-state index in [-0.39, 0.29) is 27.2 Å². The van der Waals surface area contributed by atoms with E-state index < -0.39 is 5.97 Å². The number of benzene rings is 1. The van der Waals surface area contributed by atoms with Gasteiger partial charge in [0.1, 0.15) is 0 Å². The summed E-state index contributed by atoms with van der Waals surface area (Å²) in [5, 5.41) is 9.66. The van der Waals surface area contributed by atoms with Crippen molar-refractivity contribution in [1.82, 2.24) is 4.57 Å². The summed E-state index contributed by atoms with van der Waals surface area (Å²) in [7, 11) is 0. The van der Waals surface area contributed by atoms with Gasteiger partial charge in [-0.2, -0.15) is 0 Å². The van der Waals surface area contributed by atoms with Gasteiger partial charge in [0, 0.05) is 17.5 Å². The molecule has 0 aliphatic heterocycles. The fourth-order valence-corrected chi connectivity index (χ4v) is 2.73. The summed E-state index contributed by atoms with van der Waals surface area (Å²) >= 11 is 12.0. The molecule has 0 saturated heterocycles. The van der Waals surface area contributed by atoms with Crippen molar-refractivity contribution in [1.29, 1.82) is 0 Å². The molecule has 0 unspecified atom stereocenters. The summed E-state index contributed by atoms with van der Waals surface area (Å²) in [4.78, 5) is 23.0. The molecule has 0 bridgehead atoms. The number of hydrogen-bond donors (Lipinski definition) is 1. The molecule has 2 aromatic rings. The van der Waals surface area contributed by atoms with E-state index in [1.54, 1.807) is 0 Å². The third-order valence-electron chi connectivity index (χ3n) is 2.85. The monoisotopic (exact) mass is 299 g/mol. The Bertz CT molecular complexity index is 735. The molecule has 0 atom stereocenters. The Morgan fingerprint density at radius 2 is 1.95 bits per heavy atom. The van der Waals surface area contributed by atoms with Gasteiger partial charge in [0.25, 0.3) is 5.56 Å². The molecule has 1 aromatic heterocycles. The Hall–Kier alpha value is -1.52. The average Bonchev–Trinajstić information content (AvgIpc) is 2.26. The summed E-state index contributed by atoms with van der Waals surface area (Å²) in [5.74, 6) is -1.20. The van der Waals surface area contributed by atoms with E-state index in [2.05, 4.69) is 0 Å². The van der Waals surface area contributed by atoms with Gasteiger partial charge in [-0.05, 0) is 26.0 Å². The number of carboxylic acids is 1. The first-order valence-corrected chi connectivity index (χ1v) is 6.36. The lowest BCUT2D eigenvalue weighted by Gasteiger charge is -2.15. The van der Waals surface area contributed by atoms with Crippen molar-refractivity contribution in [2.75, 3.05) is 0 Å². The third-order valence-corrected chi connectivity index (χ3v) is 3.54. The second-order valence-corrected chi connectivity index (χ2v) is 5.21. The van der Waals surface area contributed by atoms with Crippen LogP contribution in [0.3, 0.4) is 0 Å². The molecule has 0 fully saturated rings. The molecule has 1 aromatic carbocycles. The van der Waals surface area contributed by atoms with Crippen LogP contribution in [0.2, 0.25) is 10.0 Å². The number of rotatable bonds is 2. The van der Waals surface area contributed by atoms with Crippen molar-refractivity contribution in [3.8, 4) is 0 Å². The largest absolute Gasteiger partial charge is 0.478 e. The summed E-state index contributed by atoms with van der Waals surface area (Å²) in [6.45, 7) is 3.71. The van der Waals surface area contributed by atoms with Crippen molar-refractivity contribution in [2.24, 2.45) is 0 Å². The van der Waals surface area contributed by atoms with Crippen LogP contribution in [-0.2, 0) is 0 Å². The zero-order valence-electron chi connectivity index (χ0n) is 10.3. The first kappa shape index (κ1) is 13.9. The number of pyridine rings is 1. The van der Waals surface area contributed by atoms with Gasteiger partial charge in [-0.1, -0.05) is 23.2 Å². The number of fused-ring (bicyclic) bond motifs is 1. The number of nitrogens with zero attached hydrogens (tertiary/aromatic N) is 1. The van der Waals surface area contributed by atoms with Crippen LogP contribution in [0.1, 0.15) is 30.2 Å². The molecule has 1 heterocycles. The van der Waals surface area contributed by atoms with Crippen molar-refractivity contribution in [2.45, 2.75) is 19.9 Å². The van der Waals surface area contributed by atoms with Gasteiger partial charge in [-0.15, -0.1) is 0 Å². The fourth-order valence-electron chi connectivity index (χ4n) is 2.06. The van der Waals surface area contributed by atoms with Gasteiger partial charge in [0.05, 0.1) is 21.1 Å². The summed E-state index contributed by atoms with van der Waals surface area (Å²) in [5.41, 5.74) is 0.199. The number of hydrogen-bond acceptors (Lipinski definition) is 2. The van der Waals surface area contributed by atoms with Crippen LogP contribution in [-0.4, -0.2) is 15.6 Å². The lowest BCUT2D eigenvalue weighted by molar-refractivity contribution is 0.0697. The third kappa shape index (κ3) is 2.22. The Balaban J connectivity index is 3.00. The summed E-state index contributed by atoms with van der Waals surface area (Å²) in [6.07, 6.45) is 0. The Morgan fingerprint density at radius 1 is 1.32 bits per heavy atom. The quantitative estimate of drug-likeness (QED) is 0.922. The predicted octanol–water partition coefficient (Wildman–Crippen LogP) is 3.59. The molecule has 0 spiro atoms. The highest BCUT2D eigenvalue weighted by Gasteiger charge is 2.19. The molecular formula is C13H11Cl2NO3. The zero-order valence-corrected chi connectivity index (χ0v) is 11.8. The minimum Gasteiger partial charge on any atom is -0.478 e. The highest BCUT2D eigenvalue weighted by atomic mass is 35.5. The highest BCUT2D eigenvalue weighted by molar-refractivity contribution is 6.42. The molecule has 19 heavy (non-hydrogen) atoms. The molecule has 2 rings (SSSR count). The Morgan fingerprint density at radius 3 is 2.47 bits per heavy atom. The molecule has 0 aliphatic carbocycles. The molecular weight excluding hydrogens is 289 g/mol. The molecule has 0 aliphatic rings. The van der Waals surface area contributed by atoms with Gasteiger partial charge in [0.2, 0.25) is 0 Å². The van der Waals surface area contributed by atoms with Crippen LogP contribution in [0.25, 0.3) is 10.9 Å². The molecule has 6 heteroatoms. The second-order valence-electron chi connectivity index (χ2n) is 4.42. The number of carbonyl (C=O) groups is 1. The van der Waals surface area contributed by atoms with Crippen LogP contribution in [0.15, 0.2) is 23.0 Å². The van der Waals surface area contributed by atoms with E-state index in [1.807, 2.05) is 13.8 Å². The number of aromatic nitrogens is 1. The van der Waals surface area contributed by atoms with E-state index in [9.17, 15) is 9.59 Å². The summed E-state index contributed by atoms with van der Waals surface area (Å²) in [6, 6.07) is 4.27. The van der Waals surface area contributed by atoms with Crippen molar-refractivity contribution in [3.05, 3.63) is 44.2 Å². The van der Waals surface area contributed by atoms with E-state index in [4.69, 9.17) is 28.3 Å². The SMILES string of the molecule is CC(C)n1c(=O)ccc2c(Cl)c(C(=O)O)c(Cl)cc21. The van der Waals surface area contributed by atoms with Crippen molar-refractivity contribution in [3.63, 3.8) is 0 Å². The molecule has 1 N–H and O–H groups in total. The van der Waals surface area contributed by atoms with E-state index in [1.165, 1.54) is 22.8 Å². The van der Waals surface area contributed by atoms with E-state index in [0.29, 0.717) is 10.9 Å². The Labute approximate surface area is 119 Å². The minimum absolute atomic E-state index is 0.0185. The fraction of sp³-hybridized carbons (Fsp3) is 0.231. The maximum atomic E-state index is 11.9. The van der Waals surface area contributed by atoms with Gasteiger partial charge in [0.15, 0.2) is 0 Å². The summed E-state index contributed by atoms with van der Waals surface area (Å²) < 4.78 is 1.53. The first-order valence-electron chi connectivity index (χ1n) is 5.61. The van der Waals surface area contributed by atoms with E-state index >= 15 is 0 Å². The maximum absolute atomic E-state index is 11.9. The Kier molecular flexibility index (Phi) is 3.56. The zero-order chi connectivity index (χ0) is 14.3. The second kappa shape index (κ2) is 4.87. The van der Waals surface area contributed by atoms with Gasteiger partial charge in [-0.25, -0.2) is 4.79 Å². The topological polar surface area (TPSA) is 59.3 Å². The van der Waals surface area contributed by atoms with Crippen molar-refractivity contribution < 1.29 is 9.90 Å². The first-order chi connectivity index (χ1) is 8.84. The van der Waals surface area contributed by atoms with Crippen LogP contribution in [0, 0.1) is 0 Å². The van der Waals surface area contributed by atoms with Gasteiger partial charge in [-0.3, -0.25) is 4.79 Å². The average molecular weight is 300 g/mol. The predicted molar refractivity (Wildman–Crippen MR) is 75.6 cm³/mol. The standard InChI is InChI=1S/C13H11Cl2NO3/c1-6(2)16-9-5-8(14)11(13(18)19)12(15)7(9)3-4-10(16)17/h3-6H,1-2H3,(H,18,19). The molecule has 0 amide bonds. The molecule has 0 saturated carbocycles. The smallest absolute Gasteiger partial charge is 0.338 e. The molecule has 4 nitrogen and oxygen atoms in total. The molecule has 100 valence electrons. The lowest BCUT2D eigenvalue weighted by atomic mass is 10.1. The molecule has 0 radical (unpaired) electrons. The van der Waals surface area contributed by atoms with Crippen molar-refractivity contribution >= 4 is 40.1 Å². The number of carboxylic acid groups (broad SMARTS) is 1. The van der Waals surface area contributed by atoms with Crippen LogP contribution in [0.4, 0.5) is 0 Å². The number of halogens is 2. The maximum Gasteiger partial charge on any atom is 0.338 e. The van der Waals surface area contributed by atoms with Crippen LogP contribution < -0.4 is 5.56 Å². The lowest BCUT2D eigenvalue weighted by Crippen LogP contribution is -2.21. The highest BCUT2D eigenvalue weighted by Crippen LogP contribution is 2.33. The number of aromatic carboxylic acids is 1. The van der Waals surface area contributed by atoms with Gasteiger partial charge >= 0.3 is 5.97 Å². The van der Waals surface area contributed by atoms with Crippen LogP contribution >= 0.6 is 23.2 Å². The minimum atomic E-state index is -1.20. The van der Waals surface area contributed by atoms with Gasteiger partial charge < -0.3 is 9.67 Å². The normalized spacial score (nSPS) is 11.2. The van der Waals surface area contributed by atoms with Crippen LogP contribution in [0.5, 0.6) is 0 Å². The van der Waals surface area contributed by atoms with E-state index in [0.717, 1.165) is 0 Å².